The predicted octanol–water partition coefficient (Wildman–Crippen LogP) is 4.01. The normalized spacial score (nSPS) is 10.8. The van der Waals surface area contributed by atoms with E-state index in [4.69, 9.17) is 4.74 Å². The lowest BCUT2D eigenvalue weighted by atomic mass is 10.1. The van der Waals surface area contributed by atoms with E-state index >= 15 is 0 Å². The van der Waals surface area contributed by atoms with Gasteiger partial charge < -0.3 is 9.30 Å². The summed E-state index contributed by atoms with van der Waals surface area (Å²) >= 11 is 0. The quantitative estimate of drug-likeness (QED) is 0.686. The summed E-state index contributed by atoms with van der Waals surface area (Å²) in [5, 5.41) is 1.29. The third kappa shape index (κ3) is 2.22. The molecule has 0 atom stereocenters. The van der Waals surface area contributed by atoms with Gasteiger partial charge in [-0.1, -0.05) is 30.3 Å². The van der Waals surface area contributed by atoms with E-state index in [1.165, 1.54) is 22.0 Å². The number of hydrogen-bond donors (Lipinski definition) is 0. The molecule has 0 bridgehead atoms. The van der Waals surface area contributed by atoms with Gasteiger partial charge in [-0.25, -0.2) is 0 Å². The fourth-order valence-corrected chi connectivity index (χ4v) is 2.55. The van der Waals surface area contributed by atoms with E-state index in [0.29, 0.717) is 0 Å². The van der Waals surface area contributed by atoms with E-state index in [1.54, 1.807) is 7.11 Å². The Balaban J connectivity index is 2.01. The van der Waals surface area contributed by atoms with E-state index in [0.717, 1.165) is 12.3 Å². The van der Waals surface area contributed by atoms with Crippen LogP contribution in [0.2, 0.25) is 0 Å². The minimum absolute atomic E-state index is 0.867. The SMILES string of the molecule is COc1cccc(Cn2ccc3cccc(C)c32)c1. The molecule has 2 heteroatoms. The molecule has 2 aromatic carbocycles. The Bertz CT molecular complexity index is 712. The van der Waals surface area contributed by atoms with Gasteiger partial charge in [0.25, 0.3) is 0 Å². The number of benzene rings is 2. The zero-order chi connectivity index (χ0) is 13.2. The van der Waals surface area contributed by atoms with Gasteiger partial charge in [-0.3, -0.25) is 0 Å². The first-order chi connectivity index (χ1) is 9.28. The molecule has 0 spiro atoms. The minimum atomic E-state index is 0.867. The lowest BCUT2D eigenvalue weighted by Crippen LogP contribution is -1.99. The first-order valence-corrected chi connectivity index (χ1v) is 6.45. The fraction of sp³-hybridized carbons (Fsp3) is 0.176. The Labute approximate surface area is 113 Å². The van der Waals surface area contributed by atoms with Crippen molar-refractivity contribution in [1.29, 1.82) is 0 Å². The molecule has 3 rings (SSSR count). The van der Waals surface area contributed by atoms with Crippen LogP contribution >= 0.6 is 0 Å². The molecule has 0 N–H and O–H groups in total. The van der Waals surface area contributed by atoms with Crippen LogP contribution in [-0.2, 0) is 6.54 Å². The van der Waals surface area contributed by atoms with Crippen molar-refractivity contribution in [3.05, 3.63) is 65.9 Å². The van der Waals surface area contributed by atoms with Gasteiger partial charge in [0, 0.05) is 12.7 Å². The molecule has 0 unspecified atom stereocenters. The Morgan fingerprint density at radius 2 is 1.89 bits per heavy atom. The van der Waals surface area contributed by atoms with Crippen LogP contribution in [0.3, 0.4) is 0 Å². The molecule has 0 saturated carbocycles. The predicted molar refractivity (Wildman–Crippen MR) is 78.8 cm³/mol. The van der Waals surface area contributed by atoms with E-state index in [1.807, 2.05) is 12.1 Å². The lowest BCUT2D eigenvalue weighted by Gasteiger charge is -2.09. The summed E-state index contributed by atoms with van der Waals surface area (Å²) in [7, 11) is 1.70. The molecule has 96 valence electrons. The largest absolute Gasteiger partial charge is 0.497 e. The number of para-hydroxylation sites is 1. The Morgan fingerprint density at radius 1 is 1.05 bits per heavy atom. The van der Waals surface area contributed by atoms with Crippen molar-refractivity contribution in [2.75, 3.05) is 7.11 Å². The van der Waals surface area contributed by atoms with Gasteiger partial charge in [0.05, 0.1) is 12.6 Å². The third-order valence-corrected chi connectivity index (χ3v) is 3.48. The fourth-order valence-electron chi connectivity index (χ4n) is 2.55. The highest BCUT2D eigenvalue weighted by Crippen LogP contribution is 2.21. The summed E-state index contributed by atoms with van der Waals surface area (Å²) in [6.45, 7) is 3.02. The molecule has 0 aliphatic heterocycles. The monoisotopic (exact) mass is 251 g/mol. The molecule has 2 nitrogen and oxygen atoms in total. The van der Waals surface area contributed by atoms with Crippen LogP contribution in [0.1, 0.15) is 11.1 Å². The number of fused-ring (bicyclic) bond motifs is 1. The van der Waals surface area contributed by atoms with E-state index < -0.39 is 0 Å². The topological polar surface area (TPSA) is 14.2 Å². The highest BCUT2D eigenvalue weighted by molar-refractivity contribution is 5.83. The Morgan fingerprint density at radius 3 is 2.74 bits per heavy atom. The summed E-state index contributed by atoms with van der Waals surface area (Å²) < 4.78 is 7.57. The minimum Gasteiger partial charge on any atom is -0.497 e. The van der Waals surface area contributed by atoms with Crippen LogP contribution in [0, 0.1) is 6.92 Å². The molecule has 0 amide bonds. The van der Waals surface area contributed by atoms with E-state index in [9.17, 15) is 0 Å². The van der Waals surface area contributed by atoms with E-state index in [-0.39, 0.29) is 0 Å². The summed E-state index contributed by atoms with van der Waals surface area (Å²) in [6.07, 6.45) is 2.15. The maximum absolute atomic E-state index is 5.28. The zero-order valence-corrected chi connectivity index (χ0v) is 11.3. The number of aryl methyl sites for hydroxylation is 1. The van der Waals surface area contributed by atoms with Crippen LogP contribution < -0.4 is 4.74 Å². The van der Waals surface area contributed by atoms with Crippen molar-refractivity contribution in [2.24, 2.45) is 0 Å². The number of rotatable bonds is 3. The van der Waals surface area contributed by atoms with Gasteiger partial charge >= 0.3 is 0 Å². The Hall–Kier alpha value is -2.22. The summed E-state index contributed by atoms with van der Waals surface area (Å²) in [5.41, 5.74) is 3.87. The highest BCUT2D eigenvalue weighted by atomic mass is 16.5. The second-order valence-electron chi connectivity index (χ2n) is 4.81. The van der Waals surface area contributed by atoms with Gasteiger partial charge in [-0.05, 0) is 41.6 Å². The van der Waals surface area contributed by atoms with E-state index in [2.05, 4.69) is 54.1 Å². The number of hydrogen-bond acceptors (Lipinski definition) is 1. The Kier molecular flexibility index (Phi) is 3.00. The van der Waals surface area contributed by atoms with Gasteiger partial charge in [0.1, 0.15) is 5.75 Å². The second-order valence-corrected chi connectivity index (χ2v) is 4.81. The van der Waals surface area contributed by atoms with Gasteiger partial charge in [0.15, 0.2) is 0 Å². The number of methoxy groups -OCH3 is 1. The van der Waals surface area contributed by atoms with Gasteiger partial charge in [-0.15, -0.1) is 0 Å². The van der Waals surface area contributed by atoms with Crippen molar-refractivity contribution in [1.82, 2.24) is 4.57 Å². The summed E-state index contributed by atoms with van der Waals surface area (Å²) in [6, 6.07) is 16.8. The van der Waals surface area contributed by atoms with Gasteiger partial charge in [0.2, 0.25) is 0 Å². The maximum Gasteiger partial charge on any atom is 0.119 e. The summed E-state index contributed by atoms with van der Waals surface area (Å²) in [4.78, 5) is 0. The molecule has 0 aliphatic rings. The molecule has 0 fully saturated rings. The van der Waals surface area contributed by atoms with Crippen LogP contribution in [0.25, 0.3) is 10.9 Å². The number of nitrogens with zero attached hydrogens (tertiary/aromatic N) is 1. The van der Waals surface area contributed by atoms with Crippen molar-refractivity contribution in [3.63, 3.8) is 0 Å². The van der Waals surface area contributed by atoms with Crippen molar-refractivity contribution in [3.8, 4) is 5.75 Å². The lowest BCUT2D eigenvalue weighted by molar-refractivity contribution is 0.414. The van der Waals surface area contributed by atoms with Crippen molar-refractivity contribution in [2.45, 2.75) is 13.5 Å². The molecule has 3 aromatic rings. The van der Waals surface area contributed by atoms with Crippen molar-refractivity contribution >= 4 is 10.9 Å². The zero-order valence-electron chi connectivity index (χ0n) is 11.3. The second kappa shape index (κ2) is 4.81. The third-order valence-electron chi connectivity index (χ3n) is 3.48. The molecule has 0 aliphatic carbocycles. The molecule has 1 aromatic heterocycles. The molecule has 0 saturated heterocycles. The molecule has 1 heterocycles. The molecular formula is C17H17NO. The van der Waals surface area contributed by atoms with Gasteiger partial charge in [-0.2, -0.15) is 0 Å². The van der Waals surface area contributed by atoms with Crippen LogP contribution in [0.5, 0.6) is 5.75 Å². The maximum atomic E-state index is 5.28. The van der Waals surface area contributed by atoms with Crippen LogP contribution in [0.15, 0.2) is 54.7 Å². The smallest absolute Gasteiger partial charge is 0.119 e. The molecule has 19 heavy (non-hydrogen) atoms. The first-order valence-electron chi connectivity index (χ1n) is 6.45. The average molecular weight is 251 g/mol. The number of ether oxygens (including phenoxy) is 1. The van der Waals surface area contributed by atoms with Crippen molar-refractivity contribution < 1.29 is 4.74 Å². The standard InChI is InChI=1S/C17H17NO/c1-13-5-3-7-15-9-10-18(17(13)15)12-14-6-4-8-16(11-14)19-2/h3-11H,12H2,1-2H3. The summed E-state index contributed by atoms with van der Waals surface area (Å²) in [5.74, 6) is 0.908. The average Bonchev–Trinajstić information content (AvgIpc) is 2.84. The van der Waals surface area contributed by atoms with Crippen LogP contribution in [0.4, 0.5) is 0 Å². The molecular weight excluding hydrogens is 234 g/mol. The molecule has 0 radical (unpaired) electrons. The first kappa shape index (κ1) is 11.8. The highest BCUT2D eigenvalue weighted by Gasteiger charge is 2.04. The number of aromatic nitrogens is 1. The van der Waals surface area contributed by atoms with Crippen LogP contribution in [-0.4, -0.2) is 11.7 Å².